The van der Waals surface area contributed by atoms with E-state index in [0.717, 1.165) is 31.5 Å². The maximum atomic E-state index is 12.9. The van der Waals surface area contributed by atoms with E-state index in [1.807, 2.05) is 4.57 Å². The van der Waals surface area contributed by atoms with Gasteiger partial charge in [-0.2, -0.15) is 5.26 Å². The van der Waals surface area contributed by atoms with Crippen molar-refractivity contribution in [2.45, 2.75) is 37.8 Å². The molecule has 30 heavy (non-hydrogen) atoms. The Balaban J connectivity index is 1.89. The largest absolute Gasteiger partial charge is 0.492 e. The van der Waals surface area contributed by atoms with Crippen molar-refractivity contribution in [3.8, 4) is 11.8 Å². The van der Waals surface area contributed by atoms with E-state index in [0.29, 0.717) is 24.2 Å². The number of carboxylic acid groups (broad SMARTS) is 1. The number of ether oxygens (including phenoxy) is 1. The number of nitrogens with two attached hydrogens (primary N) is 2. The van der Waals surface area contributed by atoms with Crippen LogP contribution in [0.1, 0.15) is 42.1 Å². The number of aromatic nitrogens is 1. The van der Waals surface area contributed by atoms with Crippen molar-refractivity contribution >= 4 is 28.2 Å². The first-order valence-electron chi connectivity index (χ1n) is 10.0. The van der Waals surface area contributed by atoms with Gasteiger partial charge in [0.15, 0.2) is 5.75 Å². The standard InChI is InChI=1S/C21H25N5O4/c1-30-20-16(25-7-5-11(9-25)14(23)4-6-22)8-15(24)17-18(20)26(12-2-3-12)10-13(19(17)27)21(28)29/h8,10-12,14H,2-5,7,9,23-24H2,1H3,(H,28,29). The van der Waals surface area contributed by atoms with Crippen LogP contribution in [-0.2, 0) is 0 Å². The number of carbonyl (C=O) groups is 1. The van der Waals surface area contributed by atoms with Gasteiger partial charge in [0.1, 0.15) is 5.56 Å². The number of rotatable bonds is 6. The summed E-state index contributed by atoms with van der Waals surface area (Å²) in [6.45, 7) is 1.39. The van der Waals surface area contributed by atoms with E-state index in [9.17, 15) is 14.7 Å². The number of hydrogen-bond donors (Lipinski definition) is 3. The summed E-state index contributed by atoms with van der Waals surface area (Å²) < 4.78 is 7.58. The molecule has 2 aromatic rings. The number of methoxy groups -OCH3 is 1. The van der Waals surface area contributed by atoms with Crippen LogP contribution >= 0.6 is 0 Å². The van der Waals surface area contributed by atoms with Gasteiger partial charge in [-0.05, 0) is 31.2 Å². The third-order valence-corrected chi connectivity index (χ3v) is 6.14. The number of benzene rings is 1. The van der Waals surface area contributed by atoms with Gasteiger partial charge < -0.3 is 30.8 Å². The molecule has 0 amide bonds. The summed E-state index contributed by atoms with van der Waals surface area (Å²) >= 11 is 0. The van der Waals surface area contributed by atoms with E-state index in [-0.39, 0.29) is 34.6 Å². The van der Waals surface area contributed by atoms with Gasteiger partial charge in [0.25, 0.3) is 0 Å². The Morgan fingerprint density at radius 2 is 2.17 bits per heavy atom. The smallest absolute Gasteiger partial charge is 0.341 e. The van der Waals surface area contributed by atoms with Crippen molar-refractivity contribution < 1.29 is 14.6 Å². The van der Waals surface area contributed by atoms with Crippen LogP contribution < -0.4 is 26.5 Å². The summed E-state index contributed by atoms with van der Waals surface area (Å²) in [5.41, 5.74) is 13.1. The lowest BCUT2D eigenvalue weighted by atomic mass is 9.98. The van der Waals surface area contributed by atoms with Crippen molar-refractivity contribution in [3.63, 3.8) is 0 Å². The second-order valence-corrected chi connectivity index (χ2v) is 8.08. The summed E-state index contributed by atoms with van der Waals surface area (Å²) in [6, 6.07) is 3.73. The maximum absolute atomic E-state index is 12.9. The fraction of sp³-hybridized carbons (Fsp3) is 0.476. The third-order valence-electron chi connectivity index (χ3n) is 6.14. The fourth-order valence-electron chi connectivity index (χ4n) is 4.40. The summed E-state index contributed by atoms with van der Waals surface area (Å²) in [4.78, 5) is 26.7. The molecule has 5 N–H and O–H groups in total. The Labute approximate surface area is 173 Å². The molecule has 9 heteroatoms. The number of hydrogen-bond acceptors (Lipinski definition) is 7. The first-order chi connectivity index (χ1) is 14.4. The summed E-state index contributed by atoms with van der Waals surface area (Å²) in [6.07, 6.45) is 4.36. The number of aromatic carboxylic acids is 1. The Morgan fingerprint density at radius 1 is 1.43 bits per heavy atom. The fourth-order valence-corrected chi connectivity index (χ4v) is 4.40. The van der Waals surface area contributed by atoms with Crippen LogP contribution in [0, 0.1) is 17.2 Å². The van der Waals surface area contributed by atoms with Gasteiger partial charge in [0.2, 0.25) is 5.43 Å². The molecule has 0 spiro atoms. The molecule has 2 aliphatic rings. The highest BCUT2D eigenvalue weighted by molar-refractivity contribution is 6.03. The van der Waals surface area contributed by atoms with Gasteiger partial charge in [-0.1, -0.05) is 0 Å². The van der Waals surface area contributed by atoms with Crippen LogP contribution in [0.4, 0.5) is 11.4 Å². The third kappa shape index (κ3) is 3.23. The molecule has 158 valence electrons. The van der Waals surface area contributed by atoms with Gasteiger partial charge in [0, 0.05) is 37.1 Å². The van der Waals surface area contributed by atoms with Gasteiger partial charge in [-0.25, -0.2) is 4.79 Å². The Hall–Kier alpha value is -3.25. The van der Waals surface area contributed by atoms with E-state index in [2.05, 4.69) is 11.0 Å². The first-order valence-corrected chi connectivity index (χ1v) is 10.0. The minimum Gasteiger partial charge on any atom is -0.492 e. The molecule has 2 heterocycles. The van der Waals surface area contributed by atoms with Crippen molar-refractivity contribution in [2.75, 3.05) is 30.8 Å². The van der Waals surface area contributed by atoms with Crippen molar-refractivity contribution in [2.24, 2.45) is 11.7 Å². The van der Waals surface area contributed by atoms with Crippen LogP contribution in [0.5, 0.6) is 5.75 Å². The Bertz CT molecular complexity index is 1120. The quantitative estimate of drug-likeness (QED) is 0.608. The first kappa shape index (κ1) is 20.0. The van der Waals surface area contributed by atoms with Crippen LogP contribution in [0.3, 0.4) is 0 Å². The molecule has 2 atom stereocenters. The zero-order chi connectivity index (χ0) is 21.6. The van der Waals surface area contributed by atoms with E-state index in [1.165, 1.54) is 13.3 Å². The molecule has 1 saturated carbocycles. The summed E-state index contributed by atoms with van der Waals surface area (Å²) in [5, 5.41) is 18.6. The number of nitrogen functional groups attached to an aromatic ring is 1. The molecule has 1 saturated heterocycles. The molecule has 0 radical (unpaired) electrons. The van der Waals surface area contributed by atoms with Gasteiger partial charge in [0.05, 0.1) is 36.2 Å². The zero-order valence-electron chi connectivity index (χ0n) is 16.8. The lowest BCUT2D eigenvalue weighted by Crippen LogP contribution is -2.32. The van der Waals surface area contributed by atoms with Crippen molar-refractivity contribution in [1.29, 1.82) is 5.26 Å². The minimum atomic E-state index is -1.27. The van der Waals surface area contributed by atoms with E-state index in [1.54, 1.807) is 6.07 Å². The van der Waals surface area contributed by atoms with E-state index < -0.39 is 11.4 Å². The molecule has 1 aliphatic heterocycles. The molecule has 1 aromatic carbocycles. The van der Waals surface area contributed by atoms with Crippen LogP contribution in [0.2, 0.25) is 0 Å². The minimum absolute atomic E-state index is 0.116. The molecule has 2 fully saturated rings. The van der Waals surface area contributed by atoms with Crippen molar-refractivity contribution in [1.82, 2.24) is 4.57 Å². The predicted molar refractivity (Wildman–Crippen MR) is 113 cm³/mol. The van der Waals surface area contributed by atoms with Gasteiger partial charge in [-0.3, -0.25) is 4.79 Å². The number of nitriles is 1. The highest BCUT2D eigenvalue weighted by Crippen LogP contribution is 2.45. The molecule has 1 aliphatic carbocycles. The molecule has 0 bridgehead atoms. The average Bonchev–Trinajstić information content (AvgIpc) is 3.43. The van der Waals surface area contributed by atoms with E-state index >= 15 is 0 Å². The summed E-state index contributed by atoms with van der Waals surface area (Å²) in [7, 11) is 1.54. The lowest BCUT2D eigenvalue weighted by Gasteiger charge is -2.25. The van der Waals surface area contributed by atoms with Crippen LogP contribution in [0.25, 0.3) is 10.9 Å². The number of nitrogens with zero attached hydrogens (tertiary/aromatic N) is 3. The molecular weight excluding hydrogens is 386 g/mol. The van der Waals surface area contributed by atoms with Crippen LogP contribution in [0.15, 0.2) is 17.1 Å². The molecule has 2 unspecified atom stereocenters. The highest BCUT2D eigenvalue weighted by Gasteiger charge is 2.33. The topological polar surface area (TPSA) is 148 Å². The average molecular weight is 411 g/mol. The molecule has 9 nitrogen and oxygen atoms in total. The maximum Gasteiger partial charge on any atom is 0.341 e. The number of carboxylic acids is 1. The second kappa shape index (κ2) is 7.54. The highest BCUT2D eigenvalue weighted by atomic mass is 16.5. The number of anilines is 2. The number of fused-ring (bicyclic) bond motifs is 1. The Morgan fingerprint density at radius 3 is 2.77 bits per heavy atom. The van der Waals surface area contributed by atoms with Crippen LogP contribution in [-0.4, -0.2) is 41.9 Å². The SMILES string of the molecule is COc1c(N2CCC(C(N)CC#N)C2)cc(N)c2c(=O)c(C(=O)O)cn(C3CC3)c12. The lowest BCUT2D eigenvalue weighted by molar-refractivity contribution is 0.0695. The number of pyridine rings is 1. The van der Waals surface area contributed by atoms with Gasteiger partial charge in [-0.15, -0.1) is 0 Å². The second-order valence-electron chi connectivity index (χ2n) is 8.08. The zero-order valence-corrected chi connectivity index (χ0v) is 16.8. The molecular formula is C21H25N5O4. The normalized spacial score (nSPS) is 19.6. The monoisotopic (exact) mass is 411 g/mol. The summed E-state index contributed by atoms with van der Waals surface area (Å²) in [5.74, 6) is -0.589. The van der Waals surface area contributed by atoms with Crippen molar-refractivity contribution in [3.05, 3.63) is 28.0 Å². The Kier molecular flexibility index (Phi) is 5.03. The van der Waals surface area contributed by atoms with Gasteiger partial charge >= 0.3 is 5.97 Å². The molecule has 1 aromatic heterocycles. The van der Waals surface area contributed by atoms with E-state index in [4.69, 9.17) is 21.5 Å². The molecule has 4 rings (SSSR count). The predicted octanol–water partition coefficient (Wildman–Crippen LogP) is 1.69.